The molecule has 1 saturated heterocycles. The number of methoxy groups -OCH3 is 1. The van der Waals surface area contributed by atoms with Crippen molar-refractivity contribution in [2.45, 2.75) is 12.1 Å². The van der Waals surface area contributed by atoms with Crippen LogP contribution in [0.25, 0.3) is 0 Å². The van der Waals surface area contributed by atoms with Gasteiger partial charge in [-0.1, -0.05) is 0 Å². The molecule has 0 aliphatic carbocycles. The number of β-lactam (4-membered cyclic amide) rings is 1. The zero-order chi connectivity index (χ0) is 17.3. The zero-order valence-corrected chi connectivity index (χ0v) is 12.7. The topological polar surface area (TPSA) is 76.1 Å². The third-order valence-electron chi connectivity index (χ3n) is 3.73. The van der Waals surface area contributed by atoms with Gasteiger partial charge in [0.15, 0.2) is 6.04 Å². The number of rotatable bonds is 5. The van der Waals surface area contributed by atoms with Crippen LogP contribution in [-0.4, -0.2) is 36.2 Å². The van der Waals surface area contributed by atoms with E-state index in [1.54, 1.807) is 24.3 Å². The van der Waals surface area contributed by atoms with E-state index < -0.39 is 29.8 Å². The van der Waals surface area contributed by atoms with Gasteiger partial charge in [-0.25, -0.2) is 9.18 Å². The molecule has 0 unspecified atom stereocenters. The monoisotopic (exact) mass is 331 g/mol. The molecule has 1 heterocycles. The summed E-state index contributed by atoms with van der Waals surface area (Å²) in [4.78, 5) is 25.0. The number of hydrogen-bond acceptors (Lipinski definition) is 4. The lowest BCUT2D eigenvalue weighted by Gasteiger charge is -2.43. The van der Waals surface area contributed by atoms with E-state index in [0.29, 0.717) is 11.4 Å². The van der Waals surface area contributed by atoms with Crippen molar-refractivity contribution in [2.75, 3.05) is 12.0 Å². The summed E-state index contributed by atoms with van der Waals surface area (Å²) in [5, 5.41) is 9.42. The average molecular weight is 331 g/mol. The van der Waals surface area contributed by atoms with Crippen molar-refractivity contribution in [3.05, 3.63) is 54.3 Å². The number of ether oxygens (including phenoxy) is 2. The number of nitrogens with zero attached hydrogens (tertiary/aromatic N) is 1. The number of benzene rings is 2. The Morgan fingerprint density at radius 2 is 1.67 bits per heavy atom. The molecule has 1 amide bonds. The van der Waals surface area contributed by atoms with Crippen molar-refractivity contribution in [3.63, 3.8) is 0 Å². The van der Waals surface area contributed by atoms with Gasteiger partial charge in [0.1, 0.15) is 17.3 Å². The van der Waals surface area contributed by atoms with Crippen LogP contribution in [0.5, 0.6) is 11.5 Å². The Morgan fingerprint density at radius 3 is 2.21 bits per heavy atom. The van der Waals surface area contributed by atoms with E-state index in [1.807, 2.05) is 0 Å². The number of aliphatic carboxylic acids is 1. The molecule has 7 heteroatoms. The number of hydrogen-bond donors (Lipinski definition) is 1. The summed E-state index contributed by atoms with van der Waals surface area (Å²) < 4.78 is 23.4. The van der Waals surface area contributed by atoms with E-state index in [4.69, 9.17) is 9.47 Å². The highest BCUT2D eigenvalue weighted by Crippen LogP contribution is 2.32. The lowest BCUT2D eigenvalue weighted by molar-refractivity contribution is -0.152. The molecular weight excluding hydrogens is 317 g/mol. The number of carboxylic acid groups (broad SMARTS) is 1. The molecule has 124 valence electrons. The van der Waals surface area contributed by atoms with Crippen molar-refractivity contribution in [3.8, 4) is 11.5 Å². The molecule has 1 fully saturated rings. The van der Waals surface area contributed by atoms with Gasteiger partial charge in [0.05, 0.1) is 7.11 Å². The standard InChI is InChI=1S/C17H14FNO5/c1-23-12-8-4-11(5-9-12)19-14(17(21)22)15(16(19)20)24-13-6-2-10(18)3-7-13/h2-9,14-15H,1H3,(H,21,22)/t14-,15-/m0/s1. The van der Waals surface area contributed by atoms with Crippen molar-refractivity contribution in [1.29, 1.82) is 0 Å². The zero-order valence-electron chi connectivity index (χ0n) is 12.7. The molecule has 1 aliphatic rings. The van der Waals surface area contributed by atoms with Gasteiger partial charge in [0.25, 0.3) is 5.91 Å². The molecule has 24 heavy (non-hydrogen) atoms. The number of anilines is 1. The van der Waals surface area contributed by atoms with Crippen LogP contribution in [0, 0.1) is 5.82 Å². The normalized spacial score (nSPS) is 19.6. The average Bonchev–Trinajstić information content (AvgIpc) is 2.58. The fourth-order valence-electron chi connectivity index (χ4n) is 2.51. The van der Waals surface area contributed by atoms with E-state index in [0.717, 1.165) is 4.90 Å². The van der Waals surface area contributed by atoms with Crippen LogP contribution in [0.15, 0.2) is 48.5 Å². The molecule has 1 aliphatic heterocycles. The van der Waals surface area contributed by atoms with Gasteiger partial charge >= 0.3 is 5.97 Å². The molecule has 0 bridgehead atoms. The van der Waals surface area contributed by atoms with E-state index in [1.165, 1.54) is 31.4 Å². The third-order valence-corrected chi connectivity index (χ3v) is 3.73. The fraction of sp³-hybridized carbons (Fsp3) is 0.176. The molecule has 0 aromatic heterocycles. The smallest absolute Gasteiger partial charge is 0.331 e. The van der Waals surface area contributed by atoms with Crippen LogP contribution in [0.3, 0.4) is 0 Å². The van der Waals surface area contributed by atoms with E-state index >= 15 is 0 Å². The predicted octanol–water partition coefficient (Wildman–Crippen LogP) is 2.08. The van der Waals surface area contributed by atoms with Gasteiger partial charge < -0.3 is 14.6 Å². The largest absolute Gasteiger partial charge is 0.497 e. The number of halogens is 1. The first-order chi connectivity index (χ1) is 11.5. The number of carboxylic acids is 1. The molecule has 0 spiro atoms. The Balaban J connectivity index is 1.81. The summed E-state index contributed by atoms with van der Waals surface area (Å²) in [5.74, 6) is -1.28. The van der Waals surface area contributed by atoms with Crippen LogP contribution in [0.4, 0.5) is 10.1 Å². The number of carbonyl (C=O) groups excluding carboxylic acids is 1. The molecule has 1 N–H and O–H groups in total. The first-order valence-electron chi connectivity index (χ1n) is 7.13. The molecule has 3 rings (SSSR count). The van der Waals surface area contributed by atoms with Gasteiger partial charge in [-0.05, 0) is 48.5 Å². The minimum absolute atomic E-state index is 0.232. The summed E-state index contributed by atoms with van der Waals surface area (Å²) in [6, 6.07) is 10.4. The Labute approximate surface area is 137 Å². The highest BCUT2D eigenvalue weighted by Gasteiger charge is 2.54. The highest BCUT2D eigenvalue weighted by molar-refractivity contribution is 6.12. The second-order valence-corrected chi connectivity index (χ2v) is 5.18. The molecule has 2 atom stereocenters. The number of carbonyl (C=O) groups is 2. The van der Waals surface area contributed by atoms with E-state index in [9.17, 15) is 19.1 Å². The number of amides is 1. The Morgan fingerprint density at radius 1 is 1.08 bits per heavy atom. The summed E-state index contributed by atoms with van der Waals surface area (Å²) in [6.07, 6.45) is -1.16. The second kappa shape index (κ2) is 6.19. The SMILES string of the molecule is COc1ccc(N2C(=O)[C@@H](Oc3ccc(F)cc3)[C@H]2C(=O)O)cc1. The van der Waals surface area contributed by atoms with Crippen molar-refractivity contribution in [1.82, 2.24) is 0 Å². The lowest BCUT2D eigenvalue weighted by atomic mass is 9.96. The Kier molecular flexibility index (Phi) is 4.07. The molecule has 2 aromatic rings. The summed E-state index contributed by atoms with van der Waals surface area (Å²) in [6.45, 7) is 0. The van der Waals surface area contributed by atoms with Crippen LogP contribution < -0.4 is 14.4 Å². The fourth-order valence-corrected chi connectivity index (χ4v) is 2.51. The van der Waals surface area contributed by atoms with Crippen molar-refractivity contribution in [2.24, 2.45) is 0 Å². The van der Waals surface area contributed by atoms with Gasteiger partial charge in [0.2, 0.25) is 6.10 Å². The second-order valence-electron chi connectivity index (χ2n) is 5.18. The van der Waals surface area contributed by atoms with Gasteiger partial charge in [0, 0.05) is 5.69 Å². The van der Waals surface area contributed by atoms with Gasteiger partial charge in [-0.2, -0.15) is 0 Å². The maximum absolute atomic E-state index is 12.9. The van der Waals surface area contributed by atoms with E-state index in [-0.39, 0.29) is 5.75 Å². The van der Waals surface area contributed by atoms with Crippen LogP contribution >= 0.6 is 0 Å². The van der Waals surface area contributed by atoms with Gasteiger partial charge in [-0.3, -0.25) is 9.69 Å². The van der Waals surface area contributed by atoms with Gasteiger partial charge in [-0.15, -0.1) is 0 Å². The van der Waals surface area contributed by atoms with Crippen LogP contribution in [0.2, 0.25) is 0 Å². The summed E-state index contributed by atoms with van der Waals surface area (Å²) in [5.41, 5.74) is 0.437. The highest BCUT2D eigenvalue weighted by atomic mass is 19.1. The molecule has 2 aromatic carbocycles. The summed E-state index contributed by atoms with van der Waals surface area (Å²) >= 11 is 0. The maximum atomic E-state index is 12.9. The van der Waals surface area contributed by atoms with Crippen LogP contribution in [0.1, 0.15) is 0 Å². The van der Waals surface area contributed by atoms with E-state index in [2.05, 4.69) is 0 Å². The quantitative estimate of drug-likeness (QED) is 0.849. The van der Waals surface area contributed by atoms with Crippen LogP contribution in [-0.2, 0) is 9.59 Å². The molecule has 6 nitrogen and oxygen atoms in total. The van der Waals surface area contributed by atoms with Crippen molar-refractivity contribution < 1.29 is 28.6 Å². The Bertz CT molecular complexity index is 760. The lowest BCUT2D eigenvalue weighted by Crippen LogP contribution is -2.70. The first kappa shape index (κ1) is 15.8. The minimum atomic E-state index is -1.18. The molecule has 0 saturated carbocycles. The third kappa shape index (κ3) is 2.76. The van der Waals surface area contributed by atoms with Crippen molar-refractivity contribution >= 4 is 17.6 Å². The molecule has 0 radical (unpaired) electrons. The summed E-state index contributed by atoms with van der Waals surface area (Å²) in [7, 11) is 1.51. The Hall–Kier alpha value is -3.09. The first-order valence-corrected chi connectivity index (χ1v) is 7.13. The minimum Gasteiger partial charge on any atom is -0.497 e. The predicted molar refractivity (Wildman–Crippen MR) is 82.7 cm³/mol. The maximum Gasteiger partial charge on any atom is 0.331 e. The molecular formula is C17H14FNO5.